The molecule has 1 aliphatic carbocycles. The molecule has 180 valence electrons. The average molecular weight is 466 g/mol. The Morgan fingerprint density at radius 2 is 1.94 bits per heavy atom. The number of piperazine rings is 1. The Bertz CT molecular complexity index is 933. The summed E-state index contributed by atoms with van der Waals surface area (Å²) in [6.07, 6.45) is 2.43. The number of rotatable bonds is 5. The van der Waals surface area contributed by atoms with E-state index in [1.54, 1.807) is 0 Å². The fourth-order valence-corrected chi connectivity index (χ4v) is 5.10. The summed E-state index contributed by atoms with van der Waals surface area (Å²) >= 11 is 0. The summed E-state index contributed by atoms with van der Waals surface area (Å²) in [5.74, 6) is -2.70. The van der Waals surface area contributed by atoms with Gasteiger partial charge in [0.1, 0.15) is 6.04 Å². The largest absolute Gasteiger partial charge is 0.384 e. The number of hydrogen-bond donors (Lipinski definition) is 1. The van der Waals surface area contributed by atoms with Crippen LogP contribution in [0.3, 0.4) is 0 Å². The molecule has 3 aliphatic rings. The second-order valence-electron chi connectivity index (χ2n) is 9.69. The van der Waals surface area contributed by atoms with Gasteiger partial charge in [0.25, 0.3) is 5.91 Å². The van der Waals surface area contributed by atoms with Crippen LogP contribution >= 0.6 is 0 Å². The van der Waals surface area contributed by atoms with E-state index in [1.165, 1.54) is 17.4 Å². The maximum atomic E-state index is 15.3. The highest BCUT2D eigenvalue weighted by Crippen LogP contribution is 2.34. The second kappa shape index (κ2) is 9.73. The molecule has 33 heavy (non-hydrogen) atoms. The molecule has 0 radical (unpaired) electrons. The molecule has 4 atom stereocenters. The molecule has 2 amide bonds. The third kappa shape index (κ3) is 4.87. The van der Waals surface area contributed by atoms with Crippen molar-refractivity contribution in [3.05, 3.63) is 35.4 Å². The first-order valence-corrected chi connectivity index (χ1v) is 11.7. The minimum Gasteiger partial charge on any atom is -0.384 e. The Labute approximate surface area is 191 Å². The number of hydrogen-bond acceptors (Lipinski definition) is 4. The maximum Gasteiger partial charge on any atom is 0.275 e. The summed E-state index contributed by atoms with van der Waals surface area (Å²) in [6, 6.07) is 2.00. The molecule has 1 saturated heterocycles. The molecule has 1 N–H and O–H groups in total. The predicted molar refractivity (Wildman–Crippen MR) is 116 cm³/mol. The Balaban J connectivity index is 1.55. The zero-order chi connectivity index (χ0) is 23.7. The van der Waals surface area contributed by atoms with E-state index in [0.717, 1.165) is 37.8 Å². The molecule has 0 bridgehead atoms. The molecule has 2 fully saturated rings. The number of oxime groups is 1. The molecule has 1 saturated carbocycles. The molecule has 1 aromatic rings. The zero-order valence-electron chi connectivity index (χ0n) is 18.9. The van der Waals surface area contributed by atoms with Gasteiger partial charge in [0, 0.05) is 18.2 Å². The van der Waals surface area contributed by atoms with Crippen LogP contribution in [0.5, 0.6) is 0 Å². The summed E-state index contributed by atoms with van der Waals surface area (Å²) in [7, 11) is 0. The fraction of sp³-hybridized carbons (Fsp3) is 0.625. The third-order valence-corrected chi connectivity index (χ3v) is 6.86. The van der Waals surface area contributed by atoms with Crippen LogP contribution in [0.1, 0.15) is 64.0 Å². The van der Waals surface area contributed by atoms with Gasteiger partial charge in [-0.2, -0.15) is 0 Å². The fourth-order valence-electron chi connectivity index (χ4n) is 5.10. The highest BCUT2D eigenvalue weighted by molar-refractivity contribution is 6.41. The highest BCUT2D eigenvalue weighted by atomic mass is 19.2. The number of alkyl halides is 1. The van der Waals surface area contributed by atoms with Crippen molar-refractivity contribution in [1.82, 2.24) is 10.2 Å². The summed E-state index contributed by atoms with van der Waals surface area (Å²) < 4.78 is 42.2. The van der Waals surface area contributed by atoms with E-state index in [-0.39, 0.29) is 35.9 Å². The van der Waals surface area contributed by atoms with Gasteiger partial charge in [0.2, 0.25) is 5.91 Å². The van der Waals surface area contributed by atoms with Crippen molar-refractivity contribution in [1.29, 1.82) is 0 Å². The van der Waals surface area contributed by atoms with Crippen LogP contribution in [0, 0.1) is 23.5 Å². The quantitative estimate of drug-likeness (QED) is 0.713. The Morgan fingerprint density at radius 1 is 1.21 bits per heavy atom. The van der Waals surface area contributed by atoms with Gasteiger partial charge < -0.3 is 15.1 Å². The van der Waals surface area contributed by atoms with Gasteiger partial charge in [-0.15, -0.1) is 0 Å². The zero-order valence-corrected chi connectivity index (χ0v) is 18.9. The molecule has 0 spiro atoms. The van der Waals surface area contributed by atoms with Crippen molar-refractivity contribution < 1.29 is 27.6 Å². The number of carbonyl (C=O) groups is 2. The van der Waals surface area contributed by atoms with Crippen LogP contribution in [0.4, 0.5) is 13.2 Å². The normalized spacial score (nSPS) is 28.5. The second-order valence-corrected chi connectivity index (χ2v) is 9.69. The number of benzene rings is 1. The topological polar surface area (TPSA) is 71.0 Å². The molecule has 2 unspecified atom stereocenters. The van der Waals surface area contributed by atoms with E-state index in [2.05, 4.69) is 10.5 Å². The molecule has 0 aromatic heterocycles. The van der Waals surface area contributed by atoms with Crippen LogP contribution in [0.15, 0.2) is 23.4 Å². The highest BCUT2D eigenvalue weighted by Gasteiger charge is 2.46. The van der Waals surface area contributed by atoms with Crippen molar-refractivity contribution in [2.45, 2.75) is 76.7 Å². The monoisotopic (exact) mass is 465 g/mol. The first-order valence-electron chi connectivity index (χ1n) is 11.7. The van der Waals surface area contributed by atoms with Crippen LogP contribution in [0.25, 0.3) is 0 Å². The van der Waals surface area contributed by atoms with E-state index in [9.17, 15) is 18.4 Å². The van der Waals surface area contributed by atoms with Crippen molar-refractivity contribution in [2.75, 3.05) is 6.54 Å². The number of carbonyl (C=O) groups excluding carboxylic acids is 2. The van der Waals surface area contributed by atoms with Crippen molar-refractivity contribution in [2.24, 2.45) is 17.0 Å². The lowest BCUT2D eigenvalue weighted by atomic mass is 9.82. The van der Waals surface area contributed by atoms with Gasteiger partial charge in [-0.1, -0.05) is 44.3 Å². The summed E-state index contributed by atoms with van der Waals surface area (Å²) in [4.78, 5) is 33.0. The summed E-state index contributed by atoms with van der Waals surface area (Å²) in [5.41, 5.74) is -0.404. The smallest absolute Gasteiger partial charge is 0.275 e. The van der Waals surface area contributed by atoms with Crippen molar-refractivity contribution in [3.63, 3.8) is 0 Å². The van der Waals surface area contributed by atoms with E-state index in [1.807, 2.05) is 13.8 Å². The number of nitrogens with one attached hydrogen (secondary N) is 1. The summed E-state index contributed by atoms with van der Waals surface area (Å²) in [5, 5.41) is 6.78. The SMILES string of the molecule is CC(C)C[C@H]1C(=O)N[C@@H](C2CCCCC2)CN1C(=O)C1=NOC(c2ccc(F)c(F)c2)C1F. The number of nitrogens with zero attached hydrogens (tertiary/aromatic N) is 2. The maximum absolute atomic E-state index is 15.3. The lowest BCUT2D eigenvalue weighted by molar-refractivity contribution is -0.142. The molecule has 2 aliphatic heterocycles. The van der Waals surface area contributed by atoms with Crippen molar-refractivity contribution in [3.8, 4) is 0 Å². The molecular weight excluding hydrogens is 435 g/mol. The summed E-state index contributed by atoms with van der Waals surface area (Å²) in [6.45, 7) is 4.20. The Morgan fingerprint density at radius 3 is 2.61 bits per heavy atom. The van der Waals surface area contributed by atoms with E-state index >= 15 is 4.39 Å². The van der Waals surface area contributed by atoms with Crippen LogP contribution < -0.4 is 5.32 Å². The first-order chi connectivity index (χ1) is 15.8. The Kier molecular flexibility index (Phi) is 6.95. The molecular formula is C24H30F3N3O3. The molecule has 1 aromatic carbocycles. The molecule has 2 heterocycles. The van der Waals surface area contributed by atoms with Gasteiger partial charge in [0.15, 0.2) is 29.6 Å². The molecule has 4 rings (SSSR count). The number of amides is 2. The van der Waals surface area contributed by atoms with Crippen molar-refractivity contribution >= 4 is 17.5 Å². The van der Waals surface area contributed by atoms with Crippen LogP contribution in [-0.4, -0.2) is 47.2 Å². The predicted octanol–water partition coefficient (Wildman–Crippen LogP) is 4.05. The molecule has 9 heteroatoms. The van der Waals surface area contributed by atoms with Gasteiger partial charge >= 0.3 is 0 Å². The minimum atomic E-state index is -1.96. The molecule has 6 nitrogen and oxygen atoms in total. The number of halogens is 3. The lowest BCUT2D eigenvalue weighted by Crippen LogP contribution is -2.65. The van der Waals surface area contributed by atoms with E-state index in [4.69, 9.17) is 4.84 Å². The minimum absolute atomic E-state index is 0.0446. The van der Waals surface area contributed by atoms with Crippen LogP contribution in [0.2, 0.25) is 0 Å². The van der Waals surface area contributed by atoms with Gasteiger partial charge in [-0.25, -0.2) is 13.2 Å². The van der Waals surface area contributed by atoms with Gasteiger partial charge in [0.05, 0.1) is 0 Å². The van der Waals surface area contributed by atoms with E-state index < -0.39 is 41.6 Å². The standard InChI is InChI=1S/C24H30F3N3O3/c1-13(2)10-19-23(31)28-18(14-6-4-3-5-7-14)12-30(19)24(32)21-20(27)22(33-29-21)15-8-9-16(25)17(26)11-15/h8-9,11,13-14,18-20,22H,3-7,10,12H2,1-2H3,(H,28,31)/t18-,19+,20?,22?/m1/s1. The van der Waals surface area contributed by atoms with Crippen LogP contribution in [-0.2, 0) is 14.4 Å². The van der Waals surface area contributed by atoms with Gasteiger partial charge in [-0.05, 0) is 43.2 Å². The first kappa shape index (κ1) is 23.6. The van der Waals surface area contributed by atoms with E-state index in [0.29, 0.717) is 6.42 Å². The lowest BCUT2D eigenvalue weighted by Gasteiger charge is -2.43. The average Bonchev–Trinajstić information content (AvgIpc) is 3.18. The van der Waals surface area contributed by atoms with Gasteiger partial charge in [-0.3, -0.25) is 9.59 Å². The third-order valence-electron chi connectivity index (χ3n) is 6.86. The Hall–Kier alpha value is -2.58.